The van der Waals surface area contributed by atoms with Crippen LogP contribution in [0.5, 0.6) is 0 Å². The Hall–Kier alpha value is -3.46. The predicted molar refractivity (Wildman–Crippen MR) is 119 cm³/mol. The van der Waals surface area contributed by atoms with Crippen molar-refractivity contribution < 1.29 is 13.9 Å². The number of anilines is 1. The minimum Gasteiger partial charge on any atom is -0.462 e. The molecule has 4 aromatic rings. The molecule has 2 fully saturated rings. The number of oxazole rings is 1. The number of carbonyl (C=O) groups is 1. The third-order valence-electron chi connectivity index (χ3n) is 6.60. The normalized spacial score (nSPS) is 21.1. The third kappa shape index (κ3) is 2.74. The number of para-hydroxylation sites is 2. The van der Waals surface area contributed by atoms with Gasteiger partial charge in [0.2, 0.25) is 17.1 Å². The Kier molecular flexibility index (Phi) is 4.23. The lowest BCUT2D eigenvalue weighted by atomic mass is 10.0. The fourth-order valence-electron chi connectivity index (χ4n) is 5.21. The second kappa shape index (κ2) is 7.03. The molecule has 0 aliphatic carbocycles. The summed E-state index contributed by atoms with van der Waals surface area (Å²) in [6.45, 7) is 5.80. The SMILES string of the molecule is CCOC(=O)c1c(=O)c2cnc(N3CC4CN(C)CC4C3)nc2n2c1oc1ccccc12. The second-order valence-electron chi connectivity index (χ2n) is 8.69. The zero-order valence-electron chi connectivity index (χ0n) is 17.9. The quantitative estimate of drug-likeness (QED) is 0.454. The first kappa shape index (κ1) is 19.2. The van der Waals surface area contributed by atoms with Crippen LogP contribution in [0.3, 0.4) is 0 Å². The summed E-state index contributed by atoms with van der Waals surface area (Å²) in [5.74, 6) is 1.08. The number of hydrogen-bond acceptors (Lipinski definition) is 8. The van der Waals surface area contributed by atoms with Gasteiger partial charge in [0, 0.05) is 32.4 Å². The minimum atomic E-state index is -0.712. The maximum atomic E-state index is 13.3. The zero-order chi connectivity index (χ0) is 22.0. The van der Waals surface area contributed by atoms with Gasteiger partial charge in [0.1, 0.15) is 0 Å². The van der Waals surface area contributed by atoms with Crippen molar-refractivity contribution in [3.63, 3.8) is 0 Å². The van der Waals surface area contributed by atoms with Crippen molar-refractivity contribution in [2.45, 2.75) is 6.92 Å². The first-order valence-corrected chi connectivity index (χ1v) is 10.9. The van der Waals surface area contributed by atoms with Crippen molar-refractivity contribution in [2.24, 2.45) is 11.8 Å². The van der Waals surface area contributed by atoms with E-state index in [0.717, 1.165) is 31.7 Å². The fraction of sp³-hybridized carbons (Fsp3) is 0.391. The molecule has 9 nitrogen and oxygen atoms in total. The van der Waals surface area contributed by atoms with Gasteiger partial charge in [-0.15, -0.1) is 0 Å². The molecule has 5 heterocycles. The average Bonchev–Trinajstić information content (AvgIpc) is 3.44. The number of rotatable bonds is 3. The smallest absolute Gasteiger partial charge is 0.347 e. The summed E-state index contributed by atoms with van der Waals surface area (Å²) >= 11 is 0. The van der Waals surface area contributed by atoms with Gasteiger partial charge in [-0.3, -0.25) is 9.20 Å². The number of nitrogens with zero attached hydrogens (tertiary/aromatic N) is 5. The Morgan fingerprint density at radius 3 is 2.69 bits per heavy atom. The van der Waals surface area contributed by atoms with Gasteiger partial charge >= 0.3 is 5.97 Å². The monoisotopic (exact) mass is 433 g/mol. The number of fused-ring (bicyclic) bond motifs is 6. The van der Waals surface area contributed by atoms with Crippen molar-refractivity contribution in [1.29, 1.82) is 0 Å². The molecule has 0 saturated carbocycles. The molecule has 0 radical (unpaired) electrons. The van der Waals surface area contributed by atoms with Gasteiger partial charge in [0.25, 0.3) is 0 Å². The largest absolute Gasteiger partial charge is 0.462 e. The Morgan fingerprint density at radius 1 is 1.19 bits per heavy atom. The lowest BCUT2D eigenvalue weighted by Crippen LogP contribution is -2.28. The molecule has 3 aromatic heterocycles. The fourth-order valence-corrected chi connectivity index (χ4v) is 5.21. The van der Waals surface area contributed by atoms with E-state index >= 15 is 0 Å². The molecule has 0 amide bonds. The highest BCUT2D eigenvalue weighted by molar-refractivity contribution is 6.01. The van der Waals surface area contributed by atoms with Crippen molar-refractivity contribution in [1.82, 2.24) is 19.3 Å². The van der Waals surface area contributed by atoms with Crippen LogP contribution in [0.15, 0.2) is 39.7 Å². The van der Waals surface area contributed by atoms with Crippen LogP contribution < -0.4 is 10.3 Å². The average molecular weight is 433 g/mol. The molecule has 2 aliphatic heterocycles. The van der Waals surface area contributed by atoms with Crippen LogP contribution in [-0.2, 0) is 4.74 Å². The van der Waals surface area contributed by atoms with Crippen LogP contribution in [-0.4, -0.2) is 65.1 Å². The molecule has 1 aromatic carbocycles. The van der Waals surface area contributed by atoms with Gasteiger partial charge in [-0.2, -0.15) is 4.98 Å². The third-order valence-corrected chi connectivity index (χ3v) is 6.60. The van der Waals surface area contributed by atoms with Crippen molar-refractivity contribution in [3.8, 4) is 0 Å². The molecule has 0 bridgehead atoms. The van der Waals surface area contributed by atoms with Crippen LogP contribution >= 0.6 is 0 Å². The Balaban J connectivity index is 1.58. The maximum Gasteiger partial charge on any atom is 0.347 e. The summed E-state index contributed by atoms with van der Waals surface area (Å²) in [5.41, 5.74) is 1.25. The molecule has 0 spiro atoms. The summed E-state index contributed by atoms with van der Waals surface area (Å²) in [6.07, 6.45) is 1.52. The molecule has 2 atom stereocenters. The highest BCUT2D eigenvalue weighted by Gasteiger charge is 2.39. The van der Waals surface area contributed by atoms with Gasteiger partial charge in [0.15, 0.2) is 16.8 Å². The first-order valence-electron chi connectivity index (χ1n) is 10.9. The maximum absolute atomic E-state index is 13.3. The molecule has 2 saturated heterocycles. The minimum absolute atomic E-state index is 0.134. The van der Waals surface area contributed by atoms with Crippen LogP contribution in [0, 0.1) is 11.8 Å². The van der Waals surface area contributed by atoms with Crippen LogP contribution in [0.1, 0.15) is 17.3 Å². The number of hydrogen-bond donors (Lipinski definition) is 0. The lowest BCUT2D eigenvalue weighted by molar-refractivity contribution is 0.0525. The standard InChI is InChI=1S/C23H23N5O4/c1-3-31-22(30)18-19(29)15-8-24-23(27-11-13-9-26(2)10-14(13)12-27)25-20(15)28-16-6-4-5-7-17(16)32-21(18)28/h4-8,13-14H,3,9-12H2,1-2H3. The Morgan fingerprint density at radius 2 is 1.94 bits per heavy atom. The molecular formula is C23H23N5O4. The summed E-state index contributed by atoms with van der Waals surface area (Å²) < 4.78 is 12.8. The Bertz CT molecular complexity index is 1430. The van der Waals surface area contributed by atoms with Gasteiger partial charge in [-0.1, -0.05) is 12.1 Å². The van der Waals surface area contributed by atoms with Gasteiger partial charge < -0.3 is 19.0 Å². The highest BCUT2D eigenvalue weighted by atomic mass is 16.5. The van der Waals surface area contributed by atoms with Crippen LogP contribution in [0.2, 0.25) is 0 Å². The molecule has 32 heavy (non-hydrogen) atoms. The van der Waals surface area contributed by atoms with E-state index in [-0.39, 0.29) is 23.3 Å². The lowest BCUT2D eigenvalue weighted by Gasteiger charge is -2.19. The van der Waals surface area contributed by atoms with Crippen molar-refractivity contribution in [2.75, 3.05) is 44.7 Å². The van der Waals surface area contributed by atoms with E-state index in [9.17, 15) is 9.59 Å². The van der Waals surface area contributed by atoms with E-state index in [1.54, 1.807) is 17.4 Å². The molecule has 0 N–H and O–H groups in total. The van der Waals surface area contributed by atoms with Gasteiger partial charge in [-0.05, 0) is 37.9 Å². The number of ether oxygens (including phenoxy) is 1. The topological polar surface area (TPSA) is 93.2 Å². The summed E-state index contributed by atoms with van der Waals surface area (Å²) in [5, 5.41) is 0.264. The molecular weight excluding hydrogens is 410 g/mol. The highest BCUT2D eigenvalue weighted by Crippen LogP contribution is 2.33. The summed E-state index contributed by atoms with van der Waals surface area (Å²) in [7, 11) is 2.16. The van der Waals surface area contributed by atoms with E-state index in [1.807, 2.05) is 18.2 Å². The van der Waals surface area contributed by atoms with Gasteiger partial charge in [0.05, 0.1) is 17.5 Å². The number of aromatic nitrogens is 3. The first-order chi connectivity index (χ1) is 15.5. The number of pyridine rings is 1. The molecule has 9 heteroatoms. The summed E-state index contributed by atoms with van der Waals surface area (Å²) in [6, 6.07) is 7.40. The van der Waals surface area contributed by atoms with Gasteiger partial charge in [-0.25, -0.2) is 9.78 Å². The number of esters is 1. The van der Waals surface area contributed by atoms with Crippen LogP contribution in [0.25, 0.3) is 27.8 Å². The molecule has 2 aliphatic rings. The van der Waals surface area contributed by atoms with Crippen molar-refractivity contribution in [3.05, 3.63) is 46.2 Å². The molecule has 6 rings (SSSR count). The van der Waals surface area contributed by atoms with E-state index in [4.69, 9.17) is 14.1 Å². The number of benzene rings is 1. The van der Waals surface area contributed by atoms with Crippen LogP contribution in [0.4, 0.5) is 5.95 Å². The predicted octanol–water partition coefficient (Wildman–Crippen LogP) is 2.16. The van der Waals surface area contributed by atoms with E-state index in [2.05, 4.69) is 21.8 Å². The second-order valence-corrected chi connectivity index (χ2v) is 8.69. The molecule has 2 unspecified atom stereocenters. The van der Waals surface area contributed by atoms with Crippen molar-refractivity contribution >= 4 is 39.8 Å². The Labute approximate surface area is 183 Å². The molecule has 164 valence electrons. The number of carbonyl (C=O) groups excluding carboxylic acids is 1. The summed E-state index contributed by atoms with van der Waals surface area (Å²) in [4.78, 5) is 39.8. The van der Waals surface area contributed by atoms with E-state index in [0.29, 0.717) is 29.0 Å². The van der Waals surface area contributed by atoms with E-state index in [1.165, 1.54) is 6.20 Å². The zero-order valence-corrected chi connectivity index (χ0v) is 17.9. The number of likely N-dealkylation sites (tertiary alicyclic amines) is 1. The van der Waals surface area contributed by atoms with E-state index < -0.39 is 11.4 Å².